The third-order valence-electron chi connectivity index (χ3n) is 4.07. The van der Waals surface area contributed by atoms with Crippen LogP contribution >= 0.6 is 11.8 Å². The molecule has 0 aliphatic carbocycles. The molecule has 0 spiro atoms. The number of pyridine rings is 1. The zero-order valence-electron chi connectivity index (χ0n) is 12.8. The Balaban J connectivity index is 2.32. The number of aliphatic hydroxyl groups is 1. The summed E-state index contributed by atoms with van der Waals surface area (Å²) in [6, 6.07) is 3.82. The summed E-state index contributed by atoms with van der Waals surface area (Å²) in [6.45, 7) is 2.13. The Kier molecular flexibility index (Phi) is 5.24. The minimum absolute atomic E-state index is 0.0534. The van der Waals surface area contributed by atoms with Crippen molar-refractivity contribution in [3.8, 4) is 0 Å². The first kappa shape index (κ1) is 16.3. The highest BCUT2D eigenvalue weighted by Gasteiger charge is 2.49. The zero-order chi connectivity index (χ0) is 15.5. The number of hydrogen-bond acceptors (Lipinski definition) is 5. The van der Waals surface area contributed by atoms with Crippen LogP contribution in [0.1, 0.15) is 25.3 Å². The number of hydrogen-bond donors (Lipinski definition) is 1. The first-order chi connectivity index (χ1) is 10.0. The molecular weight excluding hydrogens is 286 g/mol. The molecule has 1 saturated heterocycles. The van der Waals surface area contributed by atoms with Gasteiger partial charge in [0.2, 0.25) is 5.91 Å². The van der Waals surface area contributed by atoms with Crippen molar-refractivity contribution in [2.75, 3.05) is 26.6 Å². The largest absolute Gasteiger partial charge is 0.396 e. The summed E-state index contributed by atoms with van der Waals surface area (Å²) in [4.78, 5) is 21.1. The van der Waals surface area contributed by atoms with Crippen molar-refractivity contribution in [2.45, 2.75) is 30.7 Å². The molecule has 1 aliphatic heterocycles. The van der Waals surface area contributed by atoms with E-state index in [4.69, 9.17) is 0 Å². The smallest absolute Gasteiger partial charge is 0.245 e. The molecule has 2 unspecified atom stereocenters. The highest BCUT2D eigenvalue weighted by Crippen LogP contribution is 2.47. The van der Waals surface area contributed by atoms with Gasteiger partial charge in [-0.2, -0.15) is 0 Å². The van der Waals surface area contributed by atoms with Crippen molar-refractivity contribution in [3.63, 3.8) is 0 Å². The molecule has 1 fully saturated rings. The number of aliphatic hydroxyl groups excluding tert-OH is 1. The fourth-order valence-electron chi connectivity index (χ4n) is 2.55. The van der Waals surface area contributed by atoms with E-state index in [1.807, 2.05) is 43.0 Å². The standard InChI is InChI=1S/C15H23N3O2S/c1-12(17(2)3)18-11-21-15(14(18)20,7-5-9-19)13-6-4-8-16-10-13/h4,6,8,10,12,19H,5,7,9,11H2,1-3H3. The Morgan fingerprint density at radius 2 is 2.33 bits per heavy atom. The number of carbonyl (C=O) groups is 1. The number of rotatable bonds is 6. The zero-order valence-corrected chi connectivity index (χ0v) is 13.6. The summed E-state index contributed by atoms with van der Waals surface area (Å²) in [7, 11) is 3.95. The molecule has 2 heterocycles. The maximum absolute atomic E-state index is 13.0. The molecule has 0 saturated carbocycles. The van der Waals surface area contributed by atoms with Crippen molar-refractivity contribution in [3.05, 3.63) is 30.1 Å². The number of nitrogens with zero attached hydrogens (tertiary/aromatic N) is 3. The van der Waals surface area contributed by atoms with Crippen molar-refractivity contribution >= 4 is 17.7 Å². The van der Waals surface area contributed by atoms with Gasteiger partial charge >= 0.3 is 0 Å². The molecule has 2 atom stereocenters. The quantitative estimate of drug-likeness (QED) is 0.863. The minimum atomic E-state index is -0.610. The van der Waals surface area contributed by atoms with Crippen molar-refractivity contribution < 1.29 is 9.90 Å². The van der Waals surface area contributed by atoms with Crippen LogP contribution in [0.2, 0.25) is 0 Å². The lowest BCUT2D eigenvalue weighted by Gasteiger charge is -2.32. The van der Waals surface area contributed by atoms with Crippen LogP contribution in [0.5, 0.6) is 0 Å². The first-order valence-electron chi connectivity index (χ1n) is 7.16. The lowest BCUT2D eigenvalue weighted by atomic mass is 9.93. The molecule has 116 valence electrons. The molecule has 1 amide bonds. The second-order valence-corrected chi connectivity index (χ2v) is 6.78. The van der Waals surface area contributed by atoms with Gasteiger partial charge in [0.1, 0.15) is 4.75 Å². The van der Waals surface area contributed by atoms with Gasteiger partial charge in [-0.15, -0.1) is 11.8 Å². The van der Waals surface area contributed by atoms with Crippen LogP contribution in [-0.4, -0.2) is 58.5 Å². The van der Waals surface area contributed by atoms with E-state index in [-0.39, 0.29) is 18.7 Å². The predicted molar refractivity (Wildman–Crippen MR) is 84.7 cm³/mol. The molecule has 0 bridgehead atoms. The van der Waals surface area contributed by atoms with Gasteiger partial charge in [-0.05, 0) is 45.5 Å². The summed E-state index contributed by atoms with van der Waals surface area (Å²) in [5.41, 5.74) is 0.932. The van der Waals surface area contributed by atoms with Crippen LogP contribution in [0.3, 0.4) is 0 Å². The van der Waals surface area contributed by atoms with E-state index < -0.39 is 4.75 Å². The van der Waals surface area contributed by atoms with Gasteiger partial charge in [0.05, 0.1) is 12.0 Å². The van der Waals surface area contributed by atoms with Crippen molar-refractivity contribution in [1.82, 2.24) is 14.8 Å². The monoisotopic (exact) mass is 309 g/mol. The summed E-state index contributed by atoms with van der Waals surface area (Å²) in [5.74, 6) is 0.786. The fourth-order valence-corrected chi connectivity index (χ4v) is 4.06. The second kappa shape index (κ2) is 6.77. The van der Waals surface area contributed by atoms with Gasteiger partial charge in [-0.25, -0.2) is 0 Å². The molecule has 1 aromatic rings. The van der Waals surface area contributed by atoms with Crippen LogP contribution in [-0.2, 0) is 9.54 Å². The minimum Gasteiger partial charge on any atom is -0.396 e. The van der Waals surface area contributed by atoms with Crippen LogP contribution in [0.4, 0.5) is 0 Å². The average Bonchev–Trinajstić information content (AvgIpc) is 2.83. The molecule has 6 heteroatoms. The topological polar surface area (TPSA) is 56.7 Å². The Bertz CT molecular complexity index is 483. The number of aromatic nitrogens is 1. The predicted octanol–water partition coefficient (Wildman–Crippen LogP) is 1.49. The van der Waals surface area contributed by atoms with E-state index in [2.05, 4.69) is 4.98 Å². The molecular formula is C15H23N3O2S. The Labute approximate surface area is 130 Å². The van der Waals surface area contributed by atoms with E-state index >= 15 is 0 Å². The van der Waals surface area contributed by atoms with E-state index in [9.17, 15) is 9.90 Å². The van der Waals surface area contributed by atoms with Crippen LogP contribution < -0.4 is 0 Å². The molecule has 1 aliphatic rings. The van der Waals surface area contributed by atoms with E-state index in [1.165, 1.54) is 0 Å². The van der Waals surface area contributed by atoms with E-state index in [1.54, 1.807) is 24.2 Å². The lowest BCUT2D eigenvalue weighted by molar-refractivity contribution is -0.136. The fraction of sp³-hybridized carbons (Fsp3) is 0.600. The van der Waals surface area contributed by atoms with Gasteiger partial charge in [0, 0.05) is 19.0 Å². The summed E-state index contributed by atoms with van der Waals surface area (Å²) < 4.78 is -0.610. The van der Waals surface area contributed by atoms with E-state index in [0.29, 0.717) is 18.7 Å². The molecule has 1 aromatic heterocycles. The van der Waals surface area contributed by atoms with Gasteiger partial charge < -0.3 is 10.0 Å². The molecule has 5 nitrogen and oxygen atoms in total. The summed E-state index contributed by atoms with van der Waals surface area (Å²) in [5, 5.41) is 9.18. The number of amides is 1. The maximum Gasteiger partial charge on any atom is 0.245 e. The highest BCUT2D eigenvalue weighted by atomic mass is 32.2. The Morgan fingerprint density at radius 3 is 2.90 bits per heavy atom. The lowest BCUT2D eigenvalue weighted by Crippen LogP contribution is -2.47. The van der Waals surface area contributed by atoms with Gasteiger partial charge in [-0.3, -0.25) is 14.7 Å². The third kappa shape index (κ3) is 3.07. The molecule has 0 aromatic carbocycles. The Morgan fingerprint density at radius 1 is 1.57 bits per heavy atom. The molecule has 21 heavy (non-hydrogen) atoms. The highest BCUT2D eigenvalue weighted by molar-refractivity contribution is 8.01. The number of carbonyl (C=O) groups excluding carboxylic acids is 1. The molecule has 2 rings (SSSR count). The van der Waals surface area contributed by atoms with Gasteiger partial charge in [0.15, 0.2) is 0 Å². The SMILES string of the molecule is CC(N(C)C)N1CSC(CCCO)(c2cccnc2)C1=O. The summed E-state index contributed by atoms with van der Waals surface area (Å²) >= 11 is 1.64. The van der Waals surface area contributed by atoms with Crippen molar-refractivity contribution in [2.24, 2.45) is 0 Å². The van der Waals surface area contributed by atoms with Crippen molar-refractivity contribution in [1.29, 1.82) is 0 Å². The molecule has 1 N–H and O–H groups in total. The van der Waals surface area contributed by atoms with Crippen LogP contribution in [0, 0.1) is 0 Å². The first-order valence-corrected chi connectivity index (χ1v) is 8.14. The second-order valence-electron chi connectivity index (χ2n) is 5.54. The normalized spacial score (nSPS) is 23.9. The van der Waals surface area contributed by atoms with Gasteiger partial charge in [-0.1, -0.05) is 6.07 Å². The van der Waals surface area contributed by atoms with Gasteiger partial charge in [0.25, 0.3) is 0 Å². The number of thioether (sulfide) groups is 1. The third-order valence-corrected chi connectivity index (χ3v) is 5.58. The van der Waals surface area contributed by atoms with Crippen LogP contribution in [0.15, 0.2) is 24.5 Å². The summed E-state index contributed by atoms with van der Waals surface area (Å²) in [6.07, 6.45) is 4.78. The van der Waals surface area contributed by atoms with Crippen LogP contribution in [0.25, 0.3) is 0 Å². The maximum atomic E-state index is 13.0. The van der Waals surface area contributed by atoms with E-state index in [0.717, 1.165) is 5.56 Å². The molecule has 0 radical (unpaired) electrons. The Hall–Kier alpha value is -1.11. The average molecular weight is 309 g/mol.